The van der Waals surface area contributed by atoms with Crippen molar-refractivity contribution < 1.29 is 0 Å². The number of aromatic nitrogens is 3. The van der Waals surface area contributed by atoms with Crippen LogP contribution in [0.2, 0.25) is 0 Å². The summed E-state index contributed by atoms with van der Waals surface area (Å²) in [4.78, 5) is 6.79. The van der Waals surface area contributed by atoms with Gasteiger partial charge in [0.25, 0.3) is 0 Å². The lowest BCUT2D eigenvalue weighted by atomic mass is 10.0. The Labute approximate surface area is 148 Å². The highest BCUT2D eigenvalue weighted by atomic mass is 15.3. The zero-order valence-electron chi connectivity index (χ0n) is 14.3. The van der Waals surface area contributed by atoms with Crippen LogP contribution in [-0.2, 0) is 13.1 Å². The lowest BCUT2D eigenvalue weighted by molar-refractivity contribution is 0.153. The zero-order chi connectivity index (χ0) is 16.9. The maximum atomic E-state index is 4.54. The second-order valence-corrected chi connectivity index (χ2v) is 6.51. The third kappa shape index (κ3) is 3.95. The lowest BCUT2D eigenvalue weighted by Crippen LogP contribution is -2.45. The van der Waals surface area contributed by atoms with Crippen LogP contribution >= 0.6 is 0 Å². The second-order valence-electron chi connectivity index (χ2n) is 6.51. The fraction of sp³-hybridized carbons (Fsp3) is 0.300. The van der Waals surface area contributed by atoms with E-state index in [-0.39, 0.29) is 0 Å². The molecule has 0 aliphatic carbocycles. The summed E-state index contributed by atoms with van der Waals surface area (Å²) in [5.74, 6) is 0. The predicted molar refractivity (Wildman–Crippen MR) is 98.0 cm³/mol. The third-order valence-electron chi connectivity index (χ3n) is 4.68. The van der Waals surface area contributed by atoms with Crippen molar-refractivity contribution in [3.8, 4) is 0 Å². The Kier molecular flexibility index (Phi) is 4.86. The smallest absolute Gasteiger partial charge is 0.0659 e. The SMILES string of the molecule is c1ccc(Cn2cc(CN3CCNCC3c3cccnc3)cn2)cc1. The molecule has 1 aliphatic heterocycles. The Morgan fingerprint density at radius 3 is 2.76 bits per heavy atom. The van der Waals surface area contributed by atoms with Crippen molar-refractivity contribution in [2.45, 2.75) is 19.1 Å². The Hall–Kier alpha value is -2.50. The maximum absolute atomic E-state index is 4.54. The van der Waals surface area contributed by atoms with Gasteiger partial charge in [-0.15, -0.1) is 0 Å². The molecular weight excluding hydrogens is 310 g/mol. The van der Waals surface area contributed by atoms with Crippen LogP contribution in [0.5, 0.6) is 0 Å². The lowest BCUT2D eigenvalue weighted by Gasteiger charge is -2.36. The summed E-state index contributed by atoms with van der Waals surface area (Å²) < 4.78 is 2.02. The van der Waals surface area contributed by atoms with Gasteiger partial charge in [0.1, 0.15) is 0 Å². The summed E-state index contributed by atoms with van der Waals surface area (Å²) in [7, 11) is 0. The molecule has 1 unspecified atom stereocenters. The fourth-order valence-corrected chi connectivity index (χ4v) is 3.42. The number of piperazine rings is 1. The molecule has 3 heterocycles. The van der Waals surface area contributed by atoms with Crippen LogP contribution in [0.15, 0.2) is 67.3 Å². The first-order valence-corrected chi connectivity index (χ1v) is 8.78. The highest BCUT2D eigenvalue weighted by molar-refractivity contribution is 5.18. The Morgan fingerprint density at radius 2 is 1.92 bits per heavy atom. The van der Waals surface area contributed by atoms with Gasteiger partial charge in [-0.1, -0.05) is 36.4 Å². The van der Waals surface area contributed by atoms with Gasteiger partial charge in [0.05, 0.1) is 12.7 Å². The quantitative estimate of drug-likeness (QED) is 0.779. The van der Waals surface area contributed by atoms with Crippen molar-refractivity contribution in [3.63, 3.8) is 0 Å². The maximum Gasteiger partial charge on any atom is 0.0659 e. The first-order valence-electron chi connectivity index (χ1n) is 8.78. The Bertz CT molecular complexity index is 784. The van der Waals surface area contributed by atoms with Crippen molar-refractivity contribution in [2.24, 2.45) is 0 Å². The summed E-state index contributed by atoms with van der Waals surface area (Å²) in [6.45, 7) is 4.74. The molecule has 25 heavy (non-hydrogen) atoms. The summed E-state index contributed by atoms with van der Waals surface area (Å²) >= 11 is 0. The van der Waals surface area contributed by atoms with Gasteiger partial charge in [-0.3, -0.25) is 14.6 Å². The molecule has 3 aromatic rings. The number of hydrogen-bond acceptors (Lipinski definition) is 4. The molecule has 0 bridgehead atoms. The van der Waals surface area contributed by atoms with Gasteiger partial charge in [-0.2, -0.15) is 5.10 Å². The number of rotatable bonds is 5. The molecule has 0 amide bonds. The normalized spacial score (nSPS) is 18.3. The topological polar surface area (TPSA) is 46.0 Å². The summed E-state index contributed by atoms with van der Waals surface area (Å²) in [6, 6.07) is 15.0. The van der Waals surface area contributed by atoms with E-state index in [0.29, 0.717) is 6.04 Å². The number of hydrogen-bond donors (Lipinski definition) is 1. The van der Waals surface area contributed by atoms with E-state index in [1.807, 2.05) is 35.4 Å². The monoisotopic (exact) mass is 333 g/mol. The van der Waals surface area contributed by atoms with E-state index >= 15 is 0 Å². The predicted octanol–water partition coefficient (Wildman–Crippen LogP) is 2.47. The van der Waals surface area contributed by atoms with Crippen molar-refractivity contribution >= 4 is 0 Å². The van der Waals surface area contributed by atoms with E-state index in [1.54, 1.807) is 0 Å². The summed E-state index contributed by atoms with van der Waals surface area (Å²) in [6.07, 6.45) is 7.96. The molecule has 0 radical (unpaired) electrons. The molecule has 1 atom stereocenters. The van der Waals surface area contributed by atoms with Crippen LogP contribution in [0, 0.1) is 0 Å². The number of nitrogens with one attached hydrogen (secondary N) is 1. The minimum absolute atomic E-state index is 0.361. The molecule has 5 nitrogen and oxygen atoms in total. The van der Waals surface area contributed by atoms with Crippen molar-refractivity contribution in [2.75, 3.05) is 19.6 Å². The number of benzene rings is 1. The first kappa shape index (κ1) is 16.0. The molecule has 1 aliphatic rings. The second kappa shape index (κ2) is 7.59. The van der Waals surface area contributed by atoms with Crippen molar-refractivity contribution in [1.82, 2.24) is 25.0 Å². The zero-order valence-corrected chi connectivity index (χ0v) is 14.3. The van der Waals surface area contributed by atoms with Crippen molar-refractivity contribution in [1.29, 1.82) is 0 Å². The van der Waals surface area contributed by atoms with E-state index in [0.717, 1.165) is 32.7 Å². The number of pyridine rings is 1. The molecule has 0 saturated carbocycles. The van der Waals surface area contributed by atoms with Crippen LogP contribution < -0.4 is 5.32 Å². The molecule has 5 heteroatoms. The number of nitrogens with zero attached hydrogens (tertiary/aromatic N) is 4. The van der Waals surface area contributed by atoms with Crippen LogP contribution in [0.25, 0.3) is 0 Å². The average molecular weight is 333 g/mol. The van der Waals surface area contributed by atoms with Crippen LogP contribution in [-0.4, -0.2) is 39.3 Å². The van der Waals surface area contributed by atoms with E-state index in [2.05, 4.69) is 56.8 Å². The molecule has 1 fully saturated rings. The van der Waals surface area contributed by atoms with Crippen LogP contribution in [0.1, 0.15) is 22.7 Å². The third-order valence-corrected chi connectivity index (χ3v) is 4.68. The first-order chi connectivity index (χ1) is 12.4. The van der Waals surface area contributed by atoms with Gasteiger partial charge in [0.2, 0.25) is 0 Å². The van der Waals surface area contributed by atoms with Crippen LogP contribution in [0.4, 0.5) is 0 Å². The van der Waals surface area contributed by atoms with Gasteiger partial charge >= 0.3 is 0 Å². The molecule has 0 spiro atoms. The highest BCUT2D eigenvalue weighted by Gasteiger charge is 2.24. The molecule has 4 rings (SSSR count). The molecule has 1 saturated heterocycles. The standard InChI is InChI=1S/C20H23N5/c1-2-5-17(6-3-1)15-25-16-18(11-23-25)14-24-10-9-22-13-20(24)19-7-4-8-21-12-19/h1-8,11-12,16,20,22H,9-10,13-15H2. The minimum Gasteiger partial charge on any atom is -0.314 e. The Balaban J connectivity index is 1.45. The highest BCUT2D eigenvalue weighted by Crippen LogP contribution is 2.23. The molecule has 1 N–H and O–H groups in total. The van der Waals surface area contributed by atoms with Gasteiger partial charge in [0, 0.05) is 56.4 Å². The van der Waals surface area contributed by atoms with Gasteiger partial charge in [-0.25, -0.2) is 0 Å². The molecule has 2 aromatic heterocycles. The molecule has 1 aromatic carbocycles. The van der Waals surface area contributed by atoms with E-state index in [9.17, 15) is 0 Å². The van der Waals surface area contributed by atoms with Crippen molar-refractivity contribution in [3.05, 3.63) is 83.9 Å². The largest absolute Gasteiger partial charge is 0.314 e. The average Bonchev–Trinajstić information content (AvgIpc) is 3.10. The van der Waals surface area contributed by atoms with Gasteiger partial charge < -0.3 is 5.32 Å². The summed E-state index contributed by atoms with van der Waals surface area (Å²) in [5, 5.41) is 8.03. The van der Waals surface area contributed by atoms with Crippen LogP contribution in [0.3, 0.4) is 0 Å². The minimum atomic E-state index is 0.361. The van der Waals surface area contributed by atoms with Gasteiger partial charge in [0.15, 0.2) is 0 Å². The molecule has 128 valence electrons. The fourth-order valence-electron chi connectivity index (χ4n) is 3.42. The van der Waals surface area contributed by atoms with E-state index in [4.69, 9.17) is 0 Å². The van der Waals surface area contributed by atoms with Gasteiger partial charge in [-0.05, 0) is 17.2 Å². The Morgan fingerprint density at radius 1 is 1.00 bits per heavy atom. The van der Waals surface area contributed by atoms with E-state index in [1.165, 1.54) is 16.7 Å². The molecular formula is C20H23N5. The van der Waals surface area contributed by atoms with E-state index < -0.39 is 0 Å². The summed E-state index contributed by atoms with van der Waals surface area (Å²) in [5.41, 5.74) is 3.80.